The lowest BCUT2D eigenvalue weighted by Crippen LogP contribution is -2.32. The summed E-state index contributed by atoms with van der Waals surface area (Å²) in [6.07, 6.45) is 1.63. The third-order valence-electron chi connectivity index (χ3n) is 1.61. The number of hydrogen-bond acceptors (Lipinski definition) is 3. The maximum absolute atomic E-state index is 10.8. The Morgan fingerprint density at radius 2 is 2.29 bits per heavy atom. The van der Waals surface area contributed by atoms with E-state index in [9.17, 15) is 9.59 Å². The van der Waals surface area contributed by atoms with Crippen LogP contribution in [0.5, 0.6) is 0 Å². The van der Waals surface area contributed by atoms with Crippen molar-refractivity contribution >= 4 is 23.0 Å². The quantitative estimate of drug-likeness (QED) is 0.709. The molecular formula is C8H11BrN2O3. The number of pyridine rings is 1. The van der Waals surface area contributed by atoms with Crippen molar-refractivity contribution < 1.29 is 9.90 Å². The lowest BCUT2D eigenvalue weighted by Gasteiger charge is -2.04. The van der Waals surface area contributed by atoms with Crippen LogP contribution in [0.1, 0.15) is 5.56 Å². The van der Waals surface area contributed by atoms with Crippen LogP contribution in [-0.2, 0) is 11.2 Å². The first kappa shape index (κ1) is 12.9. The van der Waals surface area contributed by atoms with Crippen molar-refractivity contribution in [3.05, 3.63) is 34.2 Å². The van der Waals surface area contributed by atoms with Crippen molar-refractivity contribution in [2.75, 3.05) is 0 Å². The summed E-state index contributed by atoms with van der Waals surface area (Å²) in [5.74, 6) is -1.07. The van der Waals surface area contributed by atoms with Gasteiger partial charge in [-0.2, -0.15) is 0 Å². The van der Waals surface area contributed by atoms with Crippen molar-refractivity contribution in [2.24, 2.45) is 5.73 Å². The van der Waals surface area contributed by atoms with Gasteiger partial charge in [0.2, 0.25) is 5.56 Å². The Bertz CT molecular complexity index is 364. The number of nitrogens with one attached hydrogen (secondary N) is 1. The molecule has 0 saturated carbocycles. The molecule has 78 valence electrons. The Balaban J connectivity index is 0.00000169. The van der Waals surface area contributed by atoms with Gasteiger partial charge >= 0.3 is 5.97 Å². The predicted octanol–water partition coefficient (Wildman–Crippen LogP) is -0.0928. The topological polar surface area (TPSA) is 96.2 Å². The summed E-state index contributed by atoms with van der Waals surface area (Å²) in [5.41, 5.74) is 5.66. The highest BCUT2D eigenvalue weighted by Gasteiger charge is 2.11. The van der Waals surface area contributed by atoms with Gasteiger partial charge in [0.1, 0.15) is 6.04 Å². The van der Waals surface area contributed by atoms with E-state index in [1.165, 1.54) is 12.3 Å². The second-order valence-corrected chi connectivity index (χ2v) is 2.71. The number of carboxylic acids is 1. The van der Waals surface area contributed by atoms with E-state index in [2.05, 4.69) is 4.98 Å². The Hall–Kier alpha value is -1.14. The molecule has 0 saturated heterocycles. The van der Waals surface area contributed by atoms with E-state index in [1.807, 2.05) is 0 Å². The van der Waals surface area contributed by atoms with Crippen LogP contribution in [-0.4, -0.2) is 22.1 Å². The maximum Gasteiger partial charge on any atom is 0.320 e. The van der Waals surface area contributed by atoms with Crippen molar-refractivity contribution in [3.8, 4) is 0 Å². The highest BCUT2D eigenvalue weighted by molar-refractivity contribution is 8.93. The SMILES string of the molecule is Br.N[C@@H](Cc1cc[nH]c(=O)c1)C(=O)O. The number of nitrogens with two attached hydrogens (primary N) is 1. The fourth-order valence-electron chi connectivity index (χ4n) is 0.957. The van der Waals surface area contributed by atoms with Gasteiger partial charge in [0.15, 0.2) is 0 Å². The molecule has 0 fully saturated rings. The molecule has 1 heterocycles. The van der Waals surface area contributed by atoms with Crippen LogP contribution in [0.4, 0.5) is 0 Å². The molecule has 1 aromatic heterocycles. The minimum atomic E-state index is -1.07. The third kappa shape index (κ3) is 3.71. The van der Waals surface area contributed by atoms with Gasteiger partial charge in [0.05, 0.1) is 0 Å². The van der Waals surface area contributed by atoms with E-state index in [0.717, 1.165) is 0 Å². The zero-order valence-corrected chi connectivity index (χ0v) is 8.98. The molecule has 4 N–H and O–H groups in total. The van der Waals surface area contributed by atoms with Gasteiger partial charge in [-0.1, -0.05) is 0 Å². The molecule has 0 spiro atoms. The second kappa shape index (κ2) is 5.56. The Kier molecular flexibility index (Phi) is 5.11. The third-order valence-corrected chi connectivity index (χ3v) is 1.61. The number of aromatic amines is 1. The van der Waals surface area contributed by atoms with Crippen LogP contribution in [0.2, 0.25) is 0 Å². The van der Waals surface area contributed by atoms with Crippen LogP contribution in [0, 0.1) is 0 Å². The molecule has 0 amide bonds. The van der Waals surface area contributed by atoms with Gasteiger partial charge in [-0.15, -0.1) is 17.0 Å². The minimum Gasteiger partial charge on any atom is -0.480 e. The van der Waals surface area contributed by atoms with Gasteiger partial charge in [0, 0.05) is 12.3 Å². The minimum absolute atomic E-state index is 0. The average molecular weight is 263 g/mol. The van der Waals surface area contributed by atoms with Gasteiger partial charge < -0.3 is 15.8 Å². The van der Waals surface area contributed by atoms with Crippen LogP contribution >= 0.6 is 17.0 Å². The number of carboxylic acid groups (broad SMARTS) is 1. The molecule has 0 unspecified atom stereocenters. The molecule has 5 nitrogen and oxygen atoms in total. The monoisotopic (exact) mass is 262 g/mol. The molecule has 0 aromatic carbocycles. The van der Waals surface area contributed by atoms with E-state index in [0.29, 0.717) is 5.56 Å². The Morgan fingerprint density at radius 3 is 2.79 bits per heavy atom. The van der Waals surface area contributed by atoms with Crippen molar-refractivity contribution in [1.29, 1.82) is 0 Å². The molecule has 1 atom stereocenters. The largest absolute Gasteiger partial charge is 0.480 e. The fraction of sp³-hybridized carbons (Fsp3) is 0.250. The highest BCUT2D eigenvalue weighted by Crippen LogP contribution is 1.97. The molecule has 1 aromatic rings. The van der Waals surface area contributed by atoms with Crippen LogP contribution in [0.3, 0.4) is 0 Å². The van der Waals surface area contributed by atoms with Crippen LogP contribution in [0.25, 0.3) is 0 Å². The molecular weight excluding hydrogens is 252 g/mol. The average Bonchev–Trinajstić information content (AvgIpc) is 2.04. The summed E-state index contributed by atoms with van der Waals surface area (Å²) in [7, 11) is 0. The molecule has 0 bridgehead atoms. The predicted molar refractivity (Wildman–Crippen MR) is 56.7 cm³/mol. The van der Waals surface area contributed by atoms with Gasteiger partial charge in [-0.05, 0) is 18.1 Å². The summed E-state index contributed by atoms with van der Waals surface area (Å²) >= 11 is 0. The van der Waals surface area contributed by atoms with E-state index in [4.69, 9.17) is 10.8 Å². The van der Waals surface area contributed by atoms with E-state index in [1.54, 1.807) is 6.07 Å². The molecule has 6 heteroatoms. The van der Waals surface area contributed by atoms with E-state index < -0.39 is 12.0 Å². The number of H-pyrrole nitrogens is 1. The summed E-state index contributed by atoms with van der Waals surface area (Å²) in [4.78, 5) is 23.6. The van der Waals surface area contributed by atoms with E-state index >= 15 is 0 Å². The number of aliphatic carboxylic acids is 1. The lowest BCUT2D eigenvalue weighted by molar-refractivity contribution is -0.138. The number of rotatable bonds is 3. The summed E-state index contributed by atoms with van der Waals surface area (Å²) < 4.78 is 0. The first-order valence-electron chi connectivity index (χ1n) is 3.75. The molecule has 1 rings (SSSR count). The van der Waals surface area contributed by atoms with Gasteiger partial charge in [0.25, 0.3) is 0 Å². The Morgan fingerprint density at radius 1 is 1.64 bits per heavy atom. The zero-order valence-electron chi connectivity index (χ0n) is 7.27. The van der Waals surface area contributed by atoms with E-state index in [-0.39, 0.29) is 29.0 Å². The van der Waals surface area contributed by atoms with Gasteiger partial charge in [-0.25, -0.2) is 0 Å². The fourth-order valence-corrected chi connectivity index (χ4v) is 0.957. The Labute approximate surface area is 90.7 Å². The van der Waals surface area contributed by atoms with Gasteiger partial charge in [-0.3, -0.25) is 9.59 Å². The first-order valence-corrected chi connectivity index (χ1v) is 3.75. The molecule has 0 radical (unpaired) electrons. The molecule has 14 heavy (non-hydrogen) atoms. The van der Waals surface area contributed by atoms with Crippen molar-refractivity contribution in [3.63, 3.8) is 0 Å². The second-order valence-electron chi connectivity index (χ2n) is 2.71. The van der Waals surface area contributed by atoms with Crippen LogP contribution < -0.4 is 11.3 Å². The van der Waals surface area contributed by atoms with Crippen molar-refractivity contribution in [1.82, 2.24) is 4.98 Å². The lowest BCUT2D eigenvalue weighted by atomic mass is 10.1. The first-order chi connectivity index (χ1) is 6.09. The summed E-state index contributed by atoms with van der Waals surface area (Å²) in [5, 5.41) is 8.50. The highest BCUT2D eigenvalue weighted by atomic mass is 79.9. The van der Waals surface area contributed by atoms with Crippen molar-refractivity contribution in [2.45, 2.75) is 12.5 Å². The number of aromatic nitrogens is 1. The summed E-state index contributed by atoms with van der Waals surface area (Å²) in [6.45, 7) is 0. The normalized spacial score (nSPS) is 11.5. The molecule has 0 aliphatic heterocycles. The zero-order chi connectivity index (χ0) is 9.84. The van der Waals surface area contributed by atoms with Crippen LogP contribution in [0.15, 0.2) is 23.1 Å². The number of carbonyl (C=O) groups is 1. The molecule has 0 aliphatic carbocycles. The smallest absolute Gasteiger partial charge is 0.320 e. The standard InChI is InChI=1S/C8H10N2O3.BrH/c9-6(8(12)13)3-5-1-2-10-7(11)4-5;/h1-2,4,6H,3,9H2,(H,10,11)(H,12,13);1H/t6-;/m0./s1. The number of hydrogen-bond donors (Lipinski definition) is 3. The maximum atomic E-state index is 10.8. The number of halogens is 1. The summed E-state index contributed by atoms with van der Waals surface area (Å²) in [6, 6.07) is 2.01. The molecule has 0 aliphatic rings.